The van der Waals surface area contributed by atoms with Gasteiger partial charge in [0.15, 0.2) is 0 Å². The molecule has 1 unspecified atom stereocenters. The number of aromatic amines is 1. The lowest BCUT2D eigenvalue weighted by atomic mass is 10.0. The van der Waals surface area contributed by atoms with E-state index in [1.165, 1.54) is 5.56 Å². The van der Waals surface area contributed by atoms with Crippen molar-refractivity contribution in [2.75, 3.05) is 13.1 Å². The summed E-state index contributed by atoms with van der Waals surface area (Å²) in [5.74, 6) is 0.333. The first-order chi connectivity index (χ1) is 12.2. The van der Waals surface area contributed by atoms with Gasteiger partial charge in [0.05, 0.1) is 6.42 Å². The van der Waals surface area contributed by atoms with Crippen molar-refractivity contribution in [1.82, 2.24) is 14.9 Å². The van der Waals surface area contributed by atoms with E-state index in [9.17, 15) is 9.59 Å². The van der Waals surface area contributed by atoms with Crippen molar-refractivity contribution in [3.8, 4) is 0 Å². The highest BCUT2D eigenvalue weighted by atomic mass is 16.2. The van der Waals surface area contributed by atoms with E-state index in [4.69, 9.17) is 0 Å². The van der Waals surface area contributed by atoms with Crippen LogP contribution in [-0.2, 0) is 11.2 Å². The van der Waals surface area contributed by atoms with Gasteiger partial charge in [-0.25, -0.2) is 0 Å². The van der Waals surface area contributed by atoms with Gasteiger partial charge in [-0.1, -0.05) is 24.3 Å². The molecule has 3 aromatic rings. The summed E-state index contributed by atoms with van der Waals surface area (Å²) in [6, 6.07) is 13.4. The second-order valence-corrected chi connectivity index (χ2v) is 6.50. The largest absolute Gasteiger partial charge is 0.342 e. The fourth-order valence-corrected chi connectivity index (χ4v) is 3.47. The second kappa shape index (κ2) is 6.51. The van der Waals surface area contributed by atoms with Crippen LogP contribution in [0.3, 0.4) is 0 Å². The van der Waals surface area contributed by atoms with Crippen molar-refractivity contribution >= 4 is 16.8 Å². The van der Waals surface area contributed by atoms with E-state index in [1.54, 1.807) is 6.20 Å². The third kappa shape index (κ3) is 3.18. The van der Waals surface area contributed by atoms with Crippen LogP contribution in [0, 0.1) is 0 Å². The maximum absolute atomic E-state index is 12.6. The Morgan fingerprint density at radius 2 is 2.12 bits per heavy atom. The molecule has 1 N–H and O–H groups in total. The summed E-state index contributed by atoms with van der Waals surface area (Å²) in [6.07, 6.45) is 4.70. The van der Waals surface area contributed by atoms with Crippen LogP contribution in [0.2, 0.25) is 0 Å². The molecule has 25 heavy (non-hydrogen) atoms. The minimum absolute atomic E-state index is 0.00664. The summed E-state index contributed by atoms with van der Waals surface area (Å²) >= 11 is 0. The summed E-state index contributed by atoms with van der Waals surface area (Å²) in [6.45, 7) is 1.42. The maximum atomic E-state index is 12.6. The lowest BCUT2D eigenvalue weighted by molar-refractivity contribution is -0.129. The highest BCUT2D eigenvalue weighted by molar-refractivity contribution is 5.82. The number of rotatable bonds is 3. The Balaban J connectivity index is 1.49. The van der Waals surface area contributed by atoms with Crippen LogP contribution in [0.4, 0.5) is 0 Å². The van der Waals surface area contributed by atoms with Crippen molar-refractivity contribution in [1.29, 1.82) is 0 Å². The zero-order valence-corrected chi connectivity index (χ0v) is 13.8. The Hall–Kier alpha value is -2.95. The normalized spacial score (nSPS) is 17.1. The van der Waals surface area contributed by atoms with E-state index >= 15 is 0 Å². The van der Waals surface area contributed by atoms with Crippen molar-refractivity contribution in [2.45, 2.75) is 18.8 Å². The second-order valence-electron chi connectivity index (χ2n) is 6.50. The fourth-order valence-electron chi connectivity index (χ4n) is 3.47. The van der Waals surface area contributed by atoms with E-state index in [1.807, 2.05) is 47.5 Å². The fraction of sp³-hybridized carbons (Fsp3) is 0.250. The van der Waals surface area contributed by atoms with Crippen LogP contribution in [0.1, 0.15) is 23.5 Å². The predicted molar refractivity (Wildman–Crippen MR) is 96.4 cm³/mol. The number of pyridine rings is 2. The van der Waals surface area contributed by atoms with Gasteiger partial charge in [-0.05, 0) is 35.6 Å². The Bertz CT molecular complexity index is 965. The van der Waals surface area contributed by atoms with Gasteiger partial charge in [-0.15, -0.1) is 0 Å². The molecule has 1 fully saturated rings. The first kappa shape index (κ1) is 15.6. The molecule has 126 valence electrons. The smallest absolute Gasteiger partial charge is 0.252 e. The molecule has 1 aliphatic heterocycles. The number of likely N-dealkylation sites (tertiary alicyclic amines) is 1. The molecule has 5 heteroatoms. The van der Waals surface area contributed by atoms with Crippen LogP contribution in [0.15, 0.2) is 59.7 Å². The number of carbonyl (C=O) groups excluding carboxylic acids is 1. The highest BCUT2D eigenvalue weighted by Crippen LogP contribution is 2.26. The Morgan fingerprint density at radius 3 is 2.96 bits per heavy atom. The number of amides is 1. The average Bonchev–Trinajstić information content (AvgIpc) is 3.13. The Kier molecular flexibility index (Phi) is 4.06. The van der Waals surface area contributed by atoms with Gasteiger partial charge in [0.1, 0.15) is 0 Å². The van der Waals surface area contributed by atoms with Crippen molar-refractivity contribution < 1.29 is 4.79 Å². The third-order valence-corrected chi connectivity index (χ3v) is 4.87. The van der Waals surface area contributed by atoms with Gasteiger partial charge < -0.3 is 9.88 Å². The maximum Gasteiger partial charge on any atom is 0.252 e. The van der Waals surface area contributed by atoms with Gasteiger partial charge in [0.25, 0.3) is 5.56 Å². The number of aromatic nitrogens is 2. The summed E-state index contributed by atoms with van der Waals surface area (Å²) in [5, 5.41) is 0.944. The number of benzene rings is 1. The van der Waals surface area contributed by atoms with Crippen molar-refractivity contribution in [3.63, 3.8) is 0 Å². The molecule has 4 rings (SSSR count). The number of nitrogens with one attached hydrogen (secondary N) is 1. The molecular formula is C20H19N3O2. The SMILES string of the molecule is O=C(Cc1cc2ccccc2[nH]c1=O)N1CCC(c2cccnc2)C1. The first-order valence-corrected chi connectivity index (χ1v) is 8.49. The molecule has 1 amide bonds. The third-order valence-electron chi connectivity index (χ3n) is 4.87. The van der Waals surface area contributed by atoms with Crippen LogP contribution >= 0.6 is 0 Å². The molecule has 2 aromatic heterocycles. The number of H-pyrrole nitrogens is 1. The zero-order chi connectivity index (χ0) is 17.2. The number of fused-ring (bicyclic) bond motifs is 1. The van der Waals surface area contributed by atoms with E-state index in [0.29, 0.717) is 18.0 Å². The summed E-state index contributed by atoms with van der Waals surface area (Å²) in [4.78, 5) is 33.7. The monoisotopic (exact) mass is 333 g/mol. The highest BCUT2D eigenvalue weighted by Gasteiger charge is 2.27. The molecule has 0 bridgehead atoms. The predicted octanol–water partition coefficient (Wildman–Crippen LogP) is 2.48. The molecule has 0 radical (unpaired) electrons. The van der Waals surface area contributed by atoms with Gasteiger partial charge in [-0.3, -0.25) is 14.6 Å². The Morgan fingerprint density at radius 1 is 1.24 bits per heavy atom. The number of para-hydroxylation sites is 1. The van der Waals surface area contributed by atoms with Crippen molar-refractivity contribution in [3.05, 3.63) is 76.3 Å². The molecule has 0 aliphatic carbocycles. The van der Waals surface area contributed by atoms with E-state index in [0.717, 1.165) is 23.9 Å². The molecule has 1 aromatic carbocycles. The molecule has 1 aliphatic rings. The Labute approximate surface area is 145 Å². The van der Waals surface area contributed by atoms with E-state index in [2.05, 4.69) is 16.0 Å². The first-order valence-electron chi connectivity index (χ1n) is 8.49. The number of carbonyl (C=O) groups is 1. The van der Waals surface area contributed by atoms with Crippen molar-refractivity contribution in [2.24, 2.45) is 0 Å². The summed E-state index contributed by atoms with van der Waals surface area (Å²) in [7, 11) is 0. The van der Waals surface area contributed by atoms with Gasteiger partial charge in [0.2, 0.25) is 5.91 Å². The summed E-state index contributed by atoms with van der Waals surface area (Å²) < 4.78 is 0. The molecule has 1 atom stereocenters. The lowest BCUT2D eigenvalue weighted by Gasteiger charge is -2.16. The molecule has 0 spiro atoms. The van der Waals surface area contributed by atoms with E-state index < -0.39 is 0 Å². The number of nitrogens with zero attached hydrogens (tertiary/aromatic N) is 2. The zero-order valence-electron chi connectivity index (χ0n) is 13.8. The molecule has 1 saturated heterocycles. The molecule has 3 heterocycles. The molecule has 0 saturated carbocycles. The van der Waals surface area contributed by atoms with Crippen LogP contribution < -0.4 is 5.56 Å². The number of hydrogen-bond acceptors (Lipinski definition) is 3. The number of hydrogen-bond donors (Lipinski definition) is 1. The topological polar surface area (TPSA) is 66.1 Å². The molecule has 5 nitrogen and oxygen atoms in total. The minimum atomic E-state index is -0.185. The average molecular weight is 333 g/mol. The standard InChI is InChI=1S/C20H19N3O2/c24-19(23-9-7-16(13-23)15-5-3-8-21-12-15)11-17-10-14-4-1-2-6-18(14)22-20(17)25/h1-6,8,10,12,16H,7,9,11,13H2,(H,22,25). The summed E-state index contributed by atoms with van der Waals surface area (Å²) in [5.41, 5.74) is 2.30. The van der Waals surface area contributed by atoms with Gasteiger partial charge in [0, 0.05) is 42.5 Å². The lowest BCUT2D eigenvalue weighted by Crippen LogP contribution is -2.31. The van der Waals surface area contributed by atoms with Crippen LogP contribution in [0.25, 0.3) is 10.9 Å². The van der Waals surface area contributed by atoms with E-state index in [-0.39, 0.29) is 17.9 Å². The minimum Gasteiger partial charge on any atom is -0.342 e. The van der Waals surface area contributed by atoms with Crippen LogP contribution in [0.5, 0.6) is 0 Å². The van der Waals surface area contributed by atoms with Gasteiger partial charge in [-0.2, -0.15) is 0 Å². The van der Waals surface area contributed by atoms with Crippen LogP contribution in [-0.4, -0.2) is 33.9 Å². The quantitative estimate of drug-likeness (QED) is 0.801. The van der Waals surface area contributed by atoms with Gasteiger partial charge >= 0.3 is 0 Å². The molecular weight excluding hydrogens is 314 g/mol.